The van der Waals surface area contributed by atoms with Crippen molar-refractivity contribution in [2.75, 3.05) is 33.3 Å². The minimum Gasteiger partial charge on any atom is -0.497 e. The summed E-state index contributed by atoms with van der Waals surface area (Å²) in [6.07, 6.45) is 0. The molecule has 8 heteroatoms. The maximum absolute atomic E-state index is 13.0. The zero-order chi connectivity index (χ0) is 22.0. The topological polar surface area (TPSA) is 71.7 Å². The van der Waals surface area contributed by atoms with Gasteiger partial charge in [-0.3, -0.25) is 9.69 Å². The molecule has 3 aromatic rings. The Kier molecular flexibility index (Phi) is 6.38. The van der Waals surface area contributed by atoms with Gasteiger partial charge in [-0.15, -0.1) is 0 Å². The van der Waals surface area contributed by atoms with Crippen LogP contribution in [0.25, 0.3) is 11.4 Å². The van der Waals surface area contributed by atoms with E-state index < -0.39 is 0 Å². The molecule has 1 aliphatic rings. The lowest BCUT2D eigenvalue weighted by Crippen LogP contribution is -2.49. The Labute approximate surface area is 190 Å². The molecule has 1 aliphatic heterocycles. The maximum atomic E-state index is 13.0. The summed E-state index contributed by atoms with van der Waals surface area (Å²) in [5.41, 5.74) is 2.74. The van der Waals surface area contributed by atoms with Crippen LogP contribution < -0.4 is 4.74 Å². The number of benzene rings is 2. The van der Waals surface area contributed by atoms with Crippen molar-refractivity contribution in [2.45, 2.75) is 19.9 Å². The van der Waals surface area contributed by atoms with E-state index in [1.165, 1.54) is 5.56 Å². The summed E-state index contributed by atoms with van der Waals surface area (Å²) < 4.78 is 11.6. The fourth-order valence-electron chi connectivity index (χ4n) is 3.66. The van der Waals surface area contributed by atoms with E-state index in [2.05, 4.69) is 37.9 Å². The lowest BCUT2D eigenvalue weighted by Gasteiger charge is -2.37. The minimum absolute atomic E-state index is 0.00229. The number of carbonyl (C=O) groups excluding carboxylic acids is 1. The molecule has 0 saturated carbocycles. The molecule has 0 bridgehead atoms. The third-order valence-electron chi connectivity index (χ3n) is 5.66. The number of carbonyl (C=O) groups is 1. The van der Waals surface area contributed by atoms with Crippen LogP contribution >= 0.6 is 15.9 Å². The maximum Gasteiger partial charge on any atom is 0.255 e. The first-order valence-corrected chi connectivity index (χ1v) is 11.0. The second kappa shape index (κ2) is 9.20. The fraction of sp³-hybridized carbons (Fsp3) is 0.348. The number of amides is 1. The first-order valence-electron chi connectivity index (χ1n) is 10.2. The zero-order valence-corrected chi connectivity index (χ0v) is 19.4. The van der Waals surface area contributed by atoms with Crippen LogP contribution in [0.4, 0.5) is 0 Å². The molecule has 4 rings (SSSR count). The van der Waals surface area contributed by atoms with Crippen LogP contribution in [-0.2, 0) is 0 Å². The van der Waals surface area contributed by atoms with E-state index in [1.807, 2.05) is 48.2 Å². The fourth-order valence-corrected chi connectivity index (χ4v) is 4.08. The Balaban J connectivity index is 1.40. The Hall–Kier alpha value is -2.71. The number of halogens is 1. The molecule has 2 aromatic carbocycles. The van der Waals surface area contributed by atoms with Gasteiger partial charge in [-0.1, -0.05) is 35.0 Å². The molecule has 2 heterocycles. The Morgan fingerprint density at radius 3 is 2.52 bits per heavy atom. The summed E-state index contributed by atoms with van der Waals surface area (Å²) in [4.78, 5) is 21.7. The number of rotatable bonds is 5. The SMILES string of the molecule is COc1ccc(Br)c(C(=O)N2CCN(C(C)c3nc(-c4ccc(C)cc4)no3)CC2)c1. The smallest absolute Gasteiger partial charge is 0.255 e. The largest absolute Gasteiger partial charge is 0.497 e. The van der Waals surface area contributed by atoms with Gasteiger partial charge in [-0.05, 0) is 48.0 Å². The number of aryl methyl sites for hydroxylation is 1. The normalized spacial score (nSPS) is 15.7. The van der Waals surface area contributed by atoms with Gasteiger partial charge in [-0.2, -0.15) is 4.98 Å². The van der Waals surface area contributed by atoms with Gasteiger partial charge < -0.3 is 14.2 Å². The summed E-state index contributed by atoms with van der Waals surface area (Å²) >= 11 is 3.48. The highest BCUT2D eigenvalue weighted by molar-refractivity contribution is 9.10. The molecular formula is C23H25BrN4O3. The van der Waals surface area contributed by atoms with E-state index >= 15 is 0 Å². The number of piperazine rings is 1. The van der Waals surface area contributed by atoms with Crippen molar-refractivity contribution in [3.63, 3.8) is 0 Å². The highest BCUT2D eigenvalue weighted by atomic mass is 79.9. The summed E-state index contributed by atoms with van der Waals surface area (Å²) in [6, 6.07) is 13.5. The lowest BCUT2D eigenvalue weighted by molar-refractivity contribution is 0.0550. The molecule has 1 amide bonds. The first kappa shape index (κ1) is 21.5. The van der Waals surface area contributed by atoms with E-state index in [0.29, 0.717) is 36.1 Å². The van der Waals surface area contributed by atoms with Crippen LogP contribution in [0.3, 0.4) is 0 Å². The number of methoxy groups -OCH3 is 1. The van der Waals surface area contributed by atoms with E-state index in [1.54, 1.807) is 13.2 Å². The highest BCUT2D eigenvalue weighted by Crippen LogP contribution is 2.26. The van der Waals surface area contributed by atoms with Crippen LogP contribution in [0, 0.1) is 6.92 Å². The summed E-state index contributed by atoms with van der Waals surface area (Å²) in [7, 11) is 1.60. The van der Waals surface area contributed by atoms with Crippen molar-refractivity contribution in [2.24, 2.45) is 0 Å². The van der Waals surface area contributed by atoms with Crippen LogP contribution in [0.5, 0.6) is 5.75 Å². The molecular weight excluding hydrogens is 460 g/mol. The van der Waals surface area contributed by atoms with E-state index in [9.17, 15) is 4.79 Å². The van der Waals surface area contributed by atoms with Crippen molar-refractivity contribution in [3.8, 4) is 17.1 Å². The van der Waals surface area contributed by atoms with Gasteiger partial charge in [0.25, 0.3) is 5.91 Å². The molecule has 31 heavy (non-hydrogen) atoms. The van der Waals surface area contributed by atoms with Gasteiger partial charge in [0.15, 0.2) is 0 Å². The molecule has 0 spiro atoms. The average Bonchev–Trinajstić information content (AvgIpc) is 3.29. The molecule has 1 fully saturated rings. The van der Waals surface area contributed by atoms with E-state index in [-0.39, 0.29) is 11.9 Å². The van der Waals surface area contributed by atoms with Gasteiger partial charge in [0.1, 0.15) is 5.75 Å². The molecule has 162 valence electrons. The van der Waals surface area contributed by atoms with Crippen molar-refractivity contribution >= 4 is 21.8 Å². The lowest BCUT2D eigenvalue weighted by atomic mass is 10.1. The third-order valence-corrected chi connectivity index (χ3v) is 6.35. The molecule has 7 nitrogen and oxygen atoms in total. The number of hydrogen-bond donors (Lipinski definition) is 0. The van der Waals surface area contributed by atoms with Gasteiger partial charge in [0.2, 0.25) is 11.7 Å². The highest BCUT2D eigenvalue weighted by Gasteiger charge is 2.29. The molecule has 0 N–H and O–H groups in total. The second-order valence-electron chi connectivity index (χ2n) is 7.67. The van der Waals surface area contributed by atoms with Crippen molar-refractivity contribution in [1.29, 1.82) is 0 Å². The molecule has 0 aliphatic carbocycles. The van der Waals surface area contributed by atoms with Gasteiger partial charge in [-0.25, -0.2) is 0 Å². The van der Waals surface area contributed by atoms with Crippen LogP contribution in [0.15, 0.2) is 51.5 Å². The Morgan fingerprint density at radius 1 is 1.13 bits per heavy atom. The monoisotopic (exact) mass is 484 g/mol. The molecule has 1 saturated heterocycles. The summed E-state index contributed by atoms with van der Waals surface area (Å²) in [6.45, 7) is 6.83. The number of ether oxygens (including phenoxy) is 1. The minimum atomic E-state index is -0.0208. The van der Waals surface area contributed by atoms with E-state index in [4.69, 9.17) is 9.26 Å². The van der Waals surface area contributed by atoms with Gasteiger partial charge in [0.05, 0.1) is 18.7 Å². The zero-order valence-electron chi connectivity index (χ0n) is 17.8. The van der Waals surface area contributed by atoms with Crippen LogP contribution in [0.1, 0.15) is 34.8 Å². The molecule has 1 atom stereocenters. The molecule has 0 radical (unpaired) electrons. The van der Waals surface area contributed by atoms with Crippen molar-refractivity contribution in [3.05, 3.63) is 64.0 Å². The Morgan fingerprint density at radius 2 is 1.84 bits per heavy atom. The third kappa shape index (κ3) is 4.65. The number of hydrogen-bond acceptors (Lipinski definition) is 6. The van der Waals surface area contributed by atoms with Gasteiger partial charge >= 0.3 is 0 Å². The molecule has 1 aromatic heterocycles. The van der Waals surface area contributed by atoms with E-state index in [0.717, 1.165) is 23.1 Å². The quantitative estimate of drug-likeness (QED) is 0.536. The number of nitrogens with zero attached hydrogens (tertiary/aromatic N) is 4. The first-order chi connectivity index (χ1) is 15.0. The predicted octanol–water partition coefficient (Wildman–Crippen LogP) is 4.34. The van der Waals surface area contributed by atoms with Gasteiger partial charge in [0, 0.05) is 36.2 Å². The average molecular weight is 485 g/mol. The van der Waals surface area contributed by atoms with Crippen LogP contribution in [0.2, 0.25) is 0 Å². The predicted molar refractivity (Wildman–Crippen MR) is 121 cm³/mol. The van der Waals surface area contributed by atoms with Crippen molar-refractivity contribution < 1.29 is 14.1 Å². The van der Waals surface area contributed by atoms with Crippen LogP contribution in [-0.4, -0.2) is 59.1 Å². The summed E-state index contributed by atoms with van der Waals surface area (Å²) in [5, 5.41) is 4.15. The standard InChI is InChI=1S/C23H25BrN4O3/c1-15-4-6-17(7-5-15)21-25-22(31-26-21)16(2)27-10-12-28(13-11-27)23(29)19-14-18(30-3)8-9-20(19)24/h4-9,14,16H,10-13H2,1-3H3. The Bertz CT molecular complexity index is 1060. The molecule has 1 unspecified atom stereocenters. The summed E-state index contributed by atoms with van der Waals surface area (Å²) in [5.74, 6) is 1.85. The second-order valence-corrected chi connectivity index (χ2v) is 8.53. The number of aromatic nitrogens is 2. The van der Waals surface area contributed by atoms with Crippen molar-refractivity contribution in [1.82, 2.24) is 19.9 Å².